The van der Waals surface area contributed by atoms with Gasteiger partial charge in [-0.25, -0.2) is 0 Å². The van der Waals surface area contributed by atoms with E-state index in [4.69, 9.17) is 5.73 Å². The summed E-state index contributed by atoms with van der Waals surface area (Å²) in [6.45, 7) is 5.50. The van der Waals surface area contributed by atoms with Gasteiger partial charge in [0.2, 0.25) is 11.8 Å². The van der Waals surface area contributed by atoms with Crippen LogP contribution < -0.4 is 16.4 Å². The highest BCUT2D eigenvalue weighted by Gasteiger charge is 2.28. The molecule has 0 saturated carbocycles. The Morgan fingerprint density at radius 1 is 1.40 bits per heavy atom. The summed E-state index contributed by atoms with van der Waals surface area (Å²) in [5.41, 5.74) is 7.16. The molecule has 4 N–H and O–H groups in total. The maximum Gasteiger partial charge on any atom is 0.249 e. The highest BCUT2D eigenvalue weighted by Crippen LogP contribution is 2.20. The van der Waals surface area contributed by atoms with Crippen molar-refractivity contribution in [1.82, 2.24) is 5.32 Å². The van der Waals surface area contributed by atoms with Crippen molar-refractivity contribution in [3.8, 4) is 0 Å². The van der Waals surface area contributed by atoms with Crippen molar-refractivity contribution < 1.29 is 9.59 Å². The van der Waals surface area contributed by atoms with Crippen LogP contribution in [0.3, 0.4) is 0 Å². The third-order valence-corrected chi connectivity index (χ3v) is 3.70. The Hall–Kier alpha value is -1.59. The highest BCUT2D eigenvalue weighted by molar-refractivity contribution is 5.98. The molecule has 0 radical (unpaired) electrons. The number of rotatable bonds is 4. The molecule has 1 aliphatic rings. The van der Waals surface area contributed by atoms with Crippen LogP contribution in [0.1, 0.15) is 22.8 Å². The van der Waals surface area contributed by atoms with Crippen molar-refractivity contribution in [1.29, 1.82) is 0 Å². The average molecular weight is 298 g/mol. The SMILES string of the molecule is Cc1ccc(NC(=O)C(C)C2CNC2)cc1C(N)=O.Cl. The number of hydrogen-bond donors (Lipinski definition) is 3. The van der Waals surface area contributed by atoms with Crippen molar-refractivity contribution >= 4 is 29.9 Å². The fraction of sp³-hybridized carbons (Fsp3) is 0.429. The number of anilines is 1. The molecule has 1 aromatic carbocycles. The lowest BCUT2D eigenvalue weighted by Gasteiger charge is -2.31. The van der Waals surface area contributed by atoms with Crippen molar-refractivity contribution in [3.05, 3.63) is 29.3 Å². The lowest BCUT2D eigenvalue weighted by Crippen LogP contribution is -2.48. The molecule has 2 amide bonds. The Balaban J connectivity index is 0.00000200. The lowest BCUT2D eigenvalue weighted by atomic mass is 9.88. The van der Waals surface area contributed by atoms with E-state index in [1.807, 2.05) is 13.8 Å². The zero-order valence-electron chi connectivity index (χ0n) is 11.6. The second-order valence-electron chi connectivity index (χ2n) is 5.09. The number of nitrogens with one attached hydrogen (secondary N) is 2. The molecule has 110 valence electrons. The topological polar surface area (TPSA) is 84.2 Å². The standard InChI is InChI=1S/C14H19N3O2.ClH/c1-8-3-4-11(5-12(8)13(15)18)17-14(19)9(2)10-6-16-7-10;/h3-5,9-10,16H,6-7H2,1-2H3,(H2,15,18)(H,17,19);1H. The van der Waals surface area contributed by atoms with Crippen LogP contribution in [0.5, 0.6) is 0 Å². The van der Waals surface area contributed by atoms with E-state index < -0.39 is 5.91 Å². The fourth-order valence-electron chi connectivity index (χ4n) is 2.10. The largest absolute Gasteiger partial charge is 0.366 e. The minimum absolute atomic E-state index is 0. The van der Waals surface area contributed by atoms with Crippen LogP contribution in [-0.4, -0.2) is 24.9 Å². The summed E-state index contributed by atoms with van der Waals surface area (Å²) in [7, 11) is 0. The number of carbonyl (C=O) groups excluding carboxylic acids is 2. The molecule has 1 unspecified atom stereocenters. The summed E-state index contributed by atoms with van der Waals surface area (Å²) in [6.07, 6.45) is 0. The first-order valence-corrected chi connectivity index (χ1v) is 6.41. The van der Waals surface area contributed by atoms with E-state index in [1.165, 1.54) is 0 Å². The summed E-state index contributed by atoms with van der Waals surface area (Å²) in [5, 5.41) is 5.99. The van der Waals surface area contributed by atoms with Gasteiger partial charge in [-0.3, -0.25) is 9.59 Å². The van der Waals surface area contributed by atoms with Crippen LogP contribution in [0.15, 0.2) is 18.2 Å². The number of amides is 2. The van der Waals surface area contributed by atoms with Crippen molar-refractivity contribution in [2.24, 2.45) is 17.6 Å². The number of benzene rings is 1. The Kier molecular flexibility index (Phi) is 5.53. The molecular weight excluding hydrogens is 278 g/mol. The number of nitrogens with two attached hydrogens (primary N) is 1. The molecule has 20 heavy (non-hydrogen) atoms. The molecule has 0 spiro atoms. The maximum atomic E-state index is 12.1. The van der Waals surface area contributed by atoms with Crippen LogP contribution >= 0.6 is 12.4 Å². The number of halogens is 1. The van der Waals surface area contributed by atoms with Crippen LogP contribution in [0, 0.1) is 18.8 Å². The van der Waals surface area contributed by atoms with E-state index in [9.17, 15) is 9.59 Å². The molecule has 1 aliphatic heterocycles. The van der Waals surface area contributed by atoms with E-state index in [0.717, 1.165) is 18.7 Å². The quantitative estimate of drug-likeness (QED) is 0.783. The van der Waals surface area contributed by atoms with Gasteiger partial charge in [-0.1, -0.05) is 13.0 Å². The third-order valence-electron chi connectivity index (χ3n) is 3.70. The van der Waals surface area contributed by atoms with E-state index >= 15 is 0 Å². The normalized spacial score (nSPS) is 15.7. The summed E-state index contributed by atoms with van der Waals surface area (Å²) in [4.78, 5) is 23.3. The molecule has 0 bridgehead atoms. The highest BCUT2D eigenvalue weighted by atomic mass is 35.5. The number of carbonyl (C=O) groups is 2. The Morgan fingerprint density at radius 3 is 2.55 bits per heavy atom. The minimum Gasteiger partial charge on any atom is -0.366 e. The third kappa shape index (κ3) is 3.49. The predicted octanol–water partition coefficient (Wildman–Crippen LogP) is 1.31. The maximum absolute atomic E-state index is 12.1. The molecular formula is C14H20ClN3O2. The Morgan fingerprint density at radius 2 is 2.05 bits per heavy atom. The second kappa shape index (κ2) is 6.72. The molecule has 0 aromatic heterocycles. The summed E-state index contributed by atoms with van der Waals surface area (Å²) < 4.78 is 0. The smallest absolute Gasteiger partial charge is 0.249 e. The monoisotopic (exact) mass is 297 g/mol. The van der Waals surface area contributed by atoms with Gasteiger partial charge >= 0.3 is 0 Å². The predicted molar refractivity (Wildman–Crippen MR) is 81.1 cm³/mol. The van der Waals surface area contributed by atoms with Gasteiger partial charge in [-0.2, -0.15) is 0 Å². The minimum atomic E-state index is -0.482. The average Bonchev–Trinajstić information content (AvgIpc) is 2.28. The van der Waals surface area contributed by atoms with E-state index in [1.54, 1.807) is 18.2 Å². The first-order valence-electron chi connectivity index (χ1n) is 6.41. The molecule has 1 aromatic rings. The van der Waals surface area contributed by atoms with Gasteiger partial charge in [-0.05, 0) is 43.6 Å². The molecule has 1 heterocycles. The molecule has 2 rings (SSSR count). The lowest BCUT2D eigenvalue weighted by molar-refractivity contribution is -0.121. The van der Waals surface area contributed by atoms with E-state index in [-0.39, 0.29) is 24.2 Å². The van der Waals surface area contributed by atoms with Crippen molar-refractivity contribution in [2.45, 2.75) is 13.8 Å². The Labute approximate surface area is 124 Å². The second-order valence-corrected chi connectivity index (χ2v) is 5.09. The molecule has 0 aliphatic carbocycles. The van der Waals surface area contributed by atoms with Crippen LogP contribution in [0.2, 0.25) is 0 Å². The van der Waals surface area contributed by atoms with Gasteiger partial charge in [0.15, 0.2) is 0 Å². The van der Waals surface area contributed by atoms with Gasteiger partial charge in [0.1, 0.15) is 0 Å². The number of primary amides is 1. The van der Waals surface area contributed by atoms with Gasteiger partial charge in [-0.15, -0.1) is 12.4 Å². The molecule has 5 nitrogen and oxygen atoms in total. The number of hydrogen-bond acceptors (Lipinski definition) is 3. The number of aryl methyl sites for hydroxylation is 1. The molecule has 1 atom stereocenters. The molecule has 1 fully saturated rings. The summed E-state index contributed by atoms with van der Waals surface area (Å²) in [6, 6.07) is 5.19. The van der Waals surface area contributed by atoms with Gasteiger partial charge in [0, 0.05) is 17.2 Å². The van der Waals surface area contributed by atoms with E-state index in [0.29, 0.717) is 17.2 Å². The van der Waals surface area contributed by atoms with Crippen molar-refractivity contribution in [2.75, 3.05) is 18.4 Å². The van der Waals surface area contributed by atoms with Crippen molar-refractivity contribution in [3.63, 3.8) is 0 Å². The van der Waals surface area contributed by atoms with Crippen LogP contribution in [-0.2, 0) is 4.79 Å². The van der Waals surface area contributed by atoms with E-state index in [2.05, 4.69) is 10.6 Å². The first-order chi connectivity index (χ1) is 8.99. The Bertz CT molecular complexity index is 515. The zero-order valence-corrected chi connectivity index (χ0v) is 12.4. The fourth-order valence-corrected chi connectivity index (χ4v) is 2.10. The summed E-state index contributed by atoms with van der Waals surface area (Å²) in [5.74, 6) is -0.156. The molecule has 6 heteroatoms. The van der Waals surface area contributed by atoms with Gasteiger partial charge in [0.25, 0.3) is 0 Å². The summed E-state index contributed by atoms with van der Waals surface area (Å²) >= 11 is 0. The van der Waals surface area contributed by atoms with Gasteiger partial charge < -0.3 is 16.4 Å². The molecule has 1 saturated heterocycles. The first kappa shape index (κ1) is 16.5. The van der Waals surface area contributed by atoms with Crippen LogP contribution in [0.4, 0.5) is 5.69 Å². The van der Waals surface area contributed by atoms with Gasteiger partial charge in [0.05, 0.1) is 0 Å². The van der Waals surface area contributed by atoms with Crippen LogP contribution in [0.25, 0.3) is 0 Å². The zero-order chi connectivity index (χ0) is 14.0.